The number of aliphatic hydroxyl groups is 1. The molecule has 0 amide bonds. The van der Waals surface area contributed by atoms with E-state index in [1.165, 1.54) is 24.0 Å². The van der Waals surface area contributed by atoms with Crippen molar-refractivity contribution in [2.75, 3.05) is 6.61 Å². The van der Waals surface area contributed by atoms with Gasteiger partial charge < -0.3 is 14.6 Å². The van der Waals surface area contributed by atoms with Gasteiger partial charge in [0, 0.05) is 13.2 Å². The van der Waals surface area contributed by atoms with E-state index in [4.69, 9.17) is 4.74 Å². The van der Waals surface area contributed by atoms with Crippen molar-refractivity contribution in [3.8, 4) is 0 Å². The molecule has 0 aliphatic carbocycles. The number of hydrogen-bond donors (Lipinski definition) is 1. The lowest BCUT2D eigenvalue weighted by Gasteiger charge is -2.07. The third-order valence-electron chi connectivity index (χ3n) is 1.92. The first kappa shape index (κ1) is 13.8. The van der Waals surface area contributed by atoms with Crippen molar-refractivity contribution in [1.82, 2.24) is 9.78 Å². The summed E-state index contributed by atoms with van der Waals surface area (Å²) in [7, 11) is 1.64. The van der Waals surface area contributed by atoms with E-state index in [-0.39, 0.29) is 12.2 Å². The molecule has 0 aliphatic heterocycles. The number of aromatic nitrogens is 2. The van der Waals surface area contributed by atoms with E-state index in [0.717, 1.165) is 0 Å². The van der Waals surface area contributed by atoms with Crippen LogP contribution < -0.4 is 0 Å². The predicted molar refractivity (Wildman–Crippen MR) is 60.6 cm³/mol. The summed E-state index contributed by atoms with van der Waals surface area (Å²) in [4.78, 5) is 23.1. The average molecular weight is 254 g/mol. The van der Waals surface area contributed by atoms with E-state index >= 15 is 0 Å². The van der Waals surface area contributed by atoms with Crippen LogP contribution in [0.1, 0.15) is 24.2 Å². The molecule has 0 bridgehead atoms. The summed E-state index contributed by atoms with van der Waals surface area (Å²) in [6.07, 6.45) is 2.72. The molecule has 1 aromatic rings. The van der Waals surface area contributed by atoms with Crippen LogP contribution in [0.25, 0.3) is 0 Å². The van der Waals surface area contributed by atoms with Crippen molar-refractivity contribution < 1.29 is 24.2 Å². The quantitative estimate of drug-likeness (QED) is 0.488. The molecule has 1 rings (SSSR count). The highest BCUT2D eigenvalue weighted by Crippen LogP contribution is 2.10. The van der Waals surface area contributed by atoms with Crippen LogP contribution in [0.2, 0.25) is 0 Å². The lowest BCUT2D eigenvalue weighted by Crippen LogP contribution is -2.16. The van der Waals surface area contributed by atoms with Crippen LogP contribution in [0.5, 0.6) is 0 Å². The summed E-state index contributed by atoms with van der Waals surface area (Å²) in [5, 5.41) is 13.1. The Hall–Kier alpha value is -2.31. The number of nitrogens with zero attached hydrogens (tertiary/aromatic N) is 2. The first-order chi connectivity index (χ1) is 8.45. The standard InChI is InChI=1S/C11H14N2O5/c1-4-17-11(16)9(7(2)14)18-10(15)8-5-12-13(3)6-8/h5-6,14H,4H2,1-3H3. The van der Waals surface area contributed by atoms with Crippen LogP contribution in [0, 0.1) is 0 Å². The Balaban J connectivity index is 2.83. The molecular weight excluding hydrogens is 240 g/mol. The molecule has 0 saturated carbocycles. The molecule has 7 heteroatoms. The highest BCUT2D eigenvalue weighted by molar-refractivity contribution is 5.95. The van der Waals surface area contributed by atoms with Gasteiger partial charge in [0.15, 0.2) is 0 Å². The van der Waals surface area contributed by atoms with Gasteiger partial charge in [-0.25, -0.2) is 9.59 Å². The molecule has 0 saturated heterocycles. The summed E-state index contributed by atoms with van der Waals surface area (Å²) in [5.41, 5.74) is 0.167. The molecule has 0 unspecified atom stereocenters. The van der Waals surface area contributed by atoms with Crippen LogP contribution in [-0.2, 0) is 21.3 Å². The van der Waals surface area contributed by atoms with Crippen LogP contribution in [0.4, 0.5) is 0 Å². The molecular formula is C11H14N2O5. The minimum atomic E-state index is -0.894. The number of esters is 2. The zero-order chi connectivity index (χ0) is 13.7. The largest absolute Gasteiger partial charge is 0.508 e. The van der Waals surface area contributed by atoms with Crippen LogP contribution >= 0.6 is 0 Å². The van der Waals surface area contributed by atoms with Gasteiger partial charge in [0.1, 0.15) is 5.76 Å². The molecule has 1 aromatic heterocycles. The second-order valence-corrected chi connectivity index (χ2v) is 3.43. The fourth-order valence-electron chi connectivity index (χ4n) is 1.14. The van der Waals surface area contributed by atoms with E-state index < -0.39 is 23.5 Å². The number of aryl methyl sites for hydroxylation is 1. The highest BCUT2D eigenvalue weighted by Gasteiger charge is 2.21. The van der Waals surface area contributed by atoms with Gasteiger partial charge in [0.05, 0.1) is 18.4 Å². The van der Waals surface area contributed by atoms with Crippen molar-refractivity contribution in [2.24, 2.45) is 7.05 Å². The van der Waals surface area contributed by atoms with Crippen LogP contribution in [0.3, 0.4) is 0 Å². The SMILES string of the molecule is CCOC(=O)C(OC(=O)c1cnn(C)c1)=C(C)O. The molecule has 1 heterocycles. The number of allylic oxidation sites excluding steroid dienone is 1. The van der Waals surface area contributed by atoms with Gasteiger partial charge in [-0.15, -0.1) is 0 Å². The van der Waals surface area contributed by atoms with E-state index in [2.05, 4.69) is 9.84 Å². The zero-order valence-corrected chi connectivity index (χ0v) is 10.3. The molecule has 0 aromatic carbocycles. The smallest absolute Gasteiger partial charge is 0.377 e. The molecule has 0 aliphatic rings. The fourth-order valence-corrected chi connectivity index (χ4v) is 1.14. The van der Waals surface area contributed by atoms with Crippen molar-refractivity contribution in [1.29, 1.82) is 0 Å². The number of ether oxygens (including phenoxy) is 2. The molecule has 1 N–H and O–H groups in total. The van der Waals surface area contributed by atoms with E-state index in [9.17, 15) is 14.7 Å². The van der Waals surface area contributed by atoms with Crippen LogP contribution in [-0.4, -0.2) is 33.4 Å². The summed E-state index contributed by atoms with van der Waals surface area (Å²) in [5.74, 6) is -2.63. The maximum atomic E-state index is 11.7. The Bertz CT molecular complexity index is 485. The van der Waals surface area contributed by atoms with Gasteiger partial charge >= 0.3 is 11.9 Å². The molecule has 0 spiro atoms. The Morgan fingerprint density at radius 3 is 2.61 bits per heavy atom. The highest BCUT2D eigenvalue weighted by atomic mass is 16.6. The van der Waals surface area contributed by atoms with Crippen molar-refractivity contribution in [3.63, 3.8) is 0 Å². The minimum Gasteiger partial charge on any atom is -0.508 e. The van der Waals surface area contributed by atoms with Crippen LogP contribution in [0.15, 0.2) is 23.9 Å². The van der Waals surface area contributed by atoms with Gasteiger partial charge in [-0.2, -0.15) is 5.10 Å². The Labute approximate surface area is 104 Å². The van der Waals surface area contributed by atoms with Gasteiger partial charge in [-0.3, -0.25) is 4.68 Å². The fraction of sp³-hybridized carbons (Fsp3) is 0.364. The molecule has 0 atom stereocenters. The van der Waals surface area contributed by atoms with Gasteiger partial charge in [0.25, 0.3) is 5.76 Å². The number of aliphatic hydroxyl groups excluding tert-OH is 1. The number of hydrogen-bond acceptors (Lipinski definition) is 6. The molecule has 18 heavy (non-hydrogen) atoms. The monoisotopic (exact) mass is 254 g/mol. The zero-order valence-electron chi connectivity index (χ0n) is 10.3. The molecule has 0 fully saturated rings. The molecule has 98 valence electrons. The topological polar surface area (TPSA) is 90.7 Å². The van der Waals surface area contributed by atoms with Crippen molar-refractivity contribution in [3.05, 3.63) is 29.5 Å². The predicted octanol–water partition coefficient (Wildman–Crippen LogP) is 0.929. The average Bonchev–Trinajstić information content (AvgIpc) is 2.72. The summed E-state index contributed by atoms with van der Waals surface area (Å²) in [6, 6.07) is 0. The normalized spacial score (nSPS) is 11.7. The molecule has 0 radical (unpaired) electrons. The van der Waals surface area contributed by atoms with Gasteiger partial charge in [-0.1, -0.05) is 0 Å². The first-order valence-electron chi connectivity index (χ1n) is 5.23. The van der Waals surface area contributed by atoms with Gasteiger partial charge in [-0.05, 0) is 13.8 Å². The Morgan fingerprint density at radius 2 is 2.17 bits per heavy atom. The second-order valence-electron chi connectivity index (χ2n) is 3.43. The van der Waals surface area contributed by atoms with E-state index in [1.807, 2.05) is 0 Å². The lowest BCUT2D eigenvalue weighted by molar-refractivity contribution is -0.142. The van der Waals surface area contributed by atoms with Crippen molar-refractivity contribution in [2.45, 2.75) is 13.8 Å². The summed E-state index contributed by atoms with van der Waals surface area (Å²) in [6.45, 7) is 2.94. The Kier molecular flexibility index (Phi) is 4.47. The Morgan fingerprint density at radius 1 is 1.50 bits per heavy atom. The maximum absolute atomic E-state index is 11.7. The van der Waals surface area contributed by atoms with E-state index in [1.54, 1.807) is 14.0 Å². The number of carbonyl (C=O) groups is 2. The maximum Gasteiger partial charge on any atom is 0.377 e. The summed E-state index contributed by atoms with van der Waals surface area (Å²) < 4.78 is 10.9. The lowest BCUT2D eigenvalue weighted by atomic mass is 10.3. The number of rotatable bonds is 4. The molecule has 7 nitrogen and oxygen atoms in total. The number of carbonyl (C=O) groups excluding carboxylic acids is 2. The van der Waals surface area contributed by atoms with Crippen molar-refractivity contribution >= 4 is 11.9 Å². The minimum absolute atomic E-state index is 0.111. The third kappa shape index (κ3) is 3.34. The second kappa shape index (κ2) is 5.85. The summed E-state index contributed by atoms with van der Waals surface area (Å²) >= 11 is 0. The van der Waals surface area contributed by atoms with Gasteiger partial charge in [0.2, 0.25) is 0 Å². The first-order valence-corrected chi connectivity index (χ1v) is 5.23. The third-order valence-corrected chi connectivity index (χ3v) is 1.92. The van der Waals surface area contributed by atoms with E-state index in [0.29, 0.717) is 0 Å².